The van der Waals surface area contributed by atoms with Gasteiger partial charge in [-0.15, -0.1) is 0 Å². The fraction of sp³-hybridized carbons (Fsp3) is 0.250. The summed E-state index contributed by atoms with van der Waals surface area (Å²) in [5.41, 5.74) is 6.93. The largest absolute Gasteiger partial charge is 0.482 e. The molecule has 0 aliphatic rings. The standard InChI is InChI=1S/C16H16Cl2FNO/c1-2-14(20)16(11-5-3-4-6-12(11)17)21-15-8-7-10(19)9-13(15)18/h3-9,14,16H,2,20H2,1H3. The molecule has 0 fully saturated rings. The van der Waals surface area contributed by atoms with Crippen LogP contribution in [-0.2, 0) is 0 Å². The van der Waals surface area contributed by atoms with E-state index in [1.165, 1.54) is 18.2 Å². The molecule has 0 saturated carbocycles. The fourth-order valence-electron chi connectivity index (χ4n) is 2.01. The van der Waals surface area contributed by atoms with Crippen molar-refractivity contribution in [3.63, 3.8) is 0 Å². The number of nitrogens with two attached hydrogens (primary N) is 1. The topological polar surface area (TPSA) is 35.2 Å². The Labute approximate surface area is 133 Å². The lowest BCUT2D eigenvalue weighted by atomic mass is 10.0. The first kappa shape index (κ1) is 16.1. The number of halogens is 3. The Bertz CT molecular complexity index is 621. The summed E-state index contributed by atoms with van der Waals surface area (Å²) < 4.78 is 19.0. The van der Waals surface area contributed by atoms with Crippen LogP contribution >= 0.6 is 23.2 Å². The minimum atomic E-state index is -0.452. The molecule has 2 unspecified atom stereocenters. The van der Waals surface area contributed by atoms with Gasteiger partial charge in [0.1, 0.15) is 17.7 Å². The second-order valence-corrected chi connectivity index (χ2v) is 5.52. The van der Waals surface area contributed by atoms with Crippen molar-refractivity contribution in [2.75, 3.05) is 0 Å². The maximum atomic E-state index is 13.1. The van der Waals surface area contributed by atoms with Crippen molar-refractivity contribution in [3.05, 3.63) is 63.9 Å². The molecule has 0 bridgehead atoms. The van der Waals surface area contributed by atoms with E-state index in [9.17, 15) is 4.39 Å². The van der Waals surface area contributed by atoms with E-state index in [2.05, 4.69) is 0 Å². The van der Waals surface area contributed by atoms with Crippen molar-refractivity contribution in [2.45, 2.75) is 25.5 Å². The Kier molecular flexibility index (Phi) is 5.45. The van der Waals surface area contributed by atoms with Gasteiger partial charge in [0.15, 0.2) is 0 Å². The Hall–Kier alpha value is -1.29. The number of benzene rings is 2. The van der Waals surface area contributed by atoms with Gasteiger partial charge in [-0.05, 0) is 30.7 Å². The summed E-state index contributed by atoms with van der Waals surface area (Å²) in [4.78, 5) is 0. The van der Waals surface area contributed by atoms with Crippen molar-refractivity contribution in [3.8, 4) is 5.75 Å². The predicted octanol–water partition coefficient (Wildman–Crippen LogP) is 4.99. The molecule has 0 heterocycles. The minimum Gasteiger partial charge on any atom is -0.482 e. The smallest absolute Gasteiger partial charge is 0.140 e. The van der Waals surface area contributed by atoms with Crippen LogP contribution in [0.3, 0.4) is 0 Å². The van der Waals surface area contributed by atoms with E-state index in [4.69, 9.17) is 33.7 Å². The summed E-state index contributed by atoms with van der Waals surface area (Å²) in [6.07, 6.45) is 0.251. The molecule has 5 heteroatoms. The molecular weight excluding hydrogens is 312 g/mol. The normalized spacial score (nSPS) is 13.8. The first-order chi connectivity index (χ1) is 10.0. The molecule has 2 aromatic rings. The van der Waals surface area contributed by atoms with Gasteiger partial charge in [0.05, 0.1) is 5.02 Å². The molecule has 0 amide bonds. The summed E-state index contributed by atoms with van der Waals surface area (Å²) >= 11 is 12.2. The Balaban J connectivity index is 2.35. The molecular formula is C16H16Cl2FNO. The number of ether oxygens (including phenoxy) is 1. The molecule has 2 nitrogen and oxygen atoms in total. The molecule has 0 aliphatic carbocycles. The molecule has 112 valence electrons. The van der Waals surface area contributed by atoms with E-state index in [-0.39, 0.29) is 11.1 Å². The van der Waals surface area contributed by atoms with E-state index < -0.39 is 11.9 Å². The molecule has 2 rings (SSSR count). The summed E-state index contributed by atoms with van der Waals surface area (Å²) in [6, 6.07) is 11.1. The highest BCUT2D eigenvalue weighted by molar-refractivity contribution is 6.32. The average Bonchev–Trinajstić information content (AvgIpc) is 2.47. The number of hydrogen-bond acceptors (Lipinski definition) is 2. The summed E-state index contributed by atoms with van der Waals surface area (Å²) in [7, 11) is 0. The van der Waals surface area contributed by atoms with Crippen LogP contribution in [-0.4, -0.2) is 6.04 Å². The number of rotatable bonds is 5. The van der Waals surface area contributed by atoms with Gasteiger partial charge >= 0.3 is 0 Å². The van der Waals surface area contributed by atoms with Crippen molar-refractivity contribution < 1.29 is 9.13 Å². The van der Waals surface area contributed by atoms with E-state index in [0.29, 0.717) is 17.2 Å². The van der Waals surface area contributed by atoms with Gasteiger partial charge < -0.3 is 10.5 Å². The lowest BCUT2D eigenvalue weighted by Crippen LogP contribution is -2.31. The molecule has 2 N–H and O–H groups in total. The molecule has 0 aromatic heterocycles. The van der Waals surface area contributed by atoms with Gasteiger partial charge in [0.2, 0.25) is 0 Å². The highest BCUT2D eigenvalue weighted by Gasteiger charge is 2.23. The average molecular weight is 328 g/mol. The quantitative estimate of drug-likeness (QED) is 0.839. The third-order valence-electron chi connectivity index (χ3n) is 3.22. The van der Waals surface area contributed by atoms with Crippen molar-refractivity contribution in [1.29, 1.82) is 0 Å². The first-order valence-corrected chi connectivity index (χ1v) is 7.40. The summed E-state index contributed by atoms with van der Waals surface area (Å²) in [5, 5.41) is 0.778. The third-order valence-corrected chi connectivity index (χ3v) is 3.86. The Morgan fingerprint density at radius 2 is 1.86 bits per heavy atom. The second kappa shape index (κ2) is 7.12. The highest BCUT2D eigenvalue weighted by Crippen LogP contribution is 2.34. The van der Waals surface area contributed by atoms with Gasteiger partial charge in [0.25, 0.3) is 0 Å². The SMILES string of the molecule is CCC(N)C(Oc1ccc(F)cc1Cl)c1ccccc1Cl. The molecule has 0 radical (unpaired) electrons. The van der Waals surface area contributed by atoms with E-state index in [1.54, 1.807) is 6.07 Å². The van der Waals surface area contributed by atoms with Gasteiger partial charge in [-0.25, -0.2) is 4.39 Å². The van der Waals surface area contributed by atoms with Gasteiger partial charge in [-0.2, -0.15) is 0 Å². The first-order valence-electron chi connectivity index (χ1n) is 6.64. The lowest BCUT2D eigenvalue weighted by molar-refractivity contribution is 0.171. The zero-order valence-corrected chi connectivity index (χ0v) is 13.0. The van der Waals surface area contributed by atoms with Crippen molar-refractivity contribution in [2.24, 2.45) is 5.73 Å². The van der Waals surface area contributed by atoms with E-state index in [0.717, 1.165) is 5.56 Å². The van der Waals surface area contributed by atoms with Crippen LogP contribution in [0.15, 0.2) is 42.5 Å². The predicted molar refractivity (Wildman–Crippen MR) is 84.5 cm³/mol. The molecule has 21 heavy (non-hydrogen) atoms. The van der Waals surface area contributed by atoms with Crippen LogP contribution in [0.5, 0.6) is 5.75 Å². The zero-order chi connectivity index (χ0) is 15.4. The zero-order valence-electron chi connectivity index (χ0n) is 11.5. The minimum absolute atomic E-state index is 0.204. The second-order valence-electron chi connectivity index (χ2n) is 4.71. The van der Waals surface area contributed by atoms with Gasteiger partial charge in [-0.1, -0.05) is 48.3 Å². The number of hydrogen-bond donors (Lipinski definition) is 1. The Morgan fingerprint density at radius 3 is 2.48 bits per heavy atom. The summed E-state index contributed by atoms with van der Waals surface area (Å²) in [6.45, 7) is 1.96. The van der Waals surface area contributed by atoms with Crippen LogP contribution in [0.25, 0.3) is 0 Å². The molecule has 2 aromatic carbocycles. The monoisotopic (exact) mass is 327 g/mol. The maximum absolute atomic E-state index is 13.1. The van der Waals surface area contributed by atoms with Crippen LogP contribution in [0.4, 0.5) is 4.39 Å². The fourth-order valence-corrected chi connectivity index (χ4v) is 2.46. The summed E-state index contributed by atoms with van der Waals surface area (Å²) in [5.74, 6) is -0.0340. The third kappa shape index (κ3) is 3.88. The van der Waals surface area contributed by atoms with E-state index >= 15 is 0 Å². The Morgan fingerprint density at radius 1 is 1.14 bits per heavy atom. The van der Waals surface area contributed by atoms with E-state index in [1.807, 2.05) is 25.1 Å². The lowest BCUT2D eigenvalue weighted by Gasteiger charge is -2.26. The highest BCUT2D eigenvalue weighted by atomic mass is 35.5. The maximum Gasteiger partial charge on any atom is 0.140 e. The molecule has 2 atom stereocenters. The molecule has 0 spiro atoms. The molecule has 0 aliphatic heterocycles. The van der Waals surface area contributed by atoms with Crippen LogP contribution in [0.2, 0.25) is 10.0 Å². The molecule has 0 saturated heterocycles. The van der Waals surface area contributed by atoms with Crippen LogP contribution < -0.4 is 10.5 Å². The van der Waals surface area contributed by atoms with Crippen LogP contribution in [0, 0.1) is 5.82 Å². The van der Waals surface area contributed by atoms with Gasteiger partial charge in [-0.3, -0.25) is 0 Å². The van der Waals surface area contributed by atoms with Crippen molar-refractivity contribution in [1.82, 2.24) is 0 Å². The van der Waals surface area contributed by atoms with Crippen LogP contribution in [0.1, 0.15) is 25.0 Å². The van der Waals surface area contributed by atoms with Crippen molar-refractivity contribution >= 4 is 23.2 Å². The van der Waals surface area contributed by atoms with Gasteiger partial charge in [0, 0.05) is 16.6 Å².